The van der Waals surface area contributed by atoms with Crippen LogP contribution in [0.3, 0.4) is 0 Å². The first-order valence-corrected chi connectivity index (χ1v) is 13.4. The van der Waals surface area contributed by atoms with E-state index in [0.29, 0.717) is 29.1 Å². The Kier molecular flexibility index (Phi) is 9.35. The van der Waals surface area contributed by atoms with E-state index in [4.69, 9.17) is 25.8 Å². The van der Waals surface area contributed by atoms with Crippen molar-refractivity contribution in [3.8, 4) is 11.5 Å². The molecule has 1 aliphatic carbocycles. The average Bonchev–Trinajstić information content (AvgIpc) is 2.83. The quantitative estimate of drug-likeness (QED) is 0.269. The number of ketones is 1. The van der Waals surface area contributed by atoms with E-state index in [2.05, 4.69) is 5.32 Å². The van der Waals surface area contributed by atoms with Crippen molar-refractivity contribution in [2.24, 2.45) is 11.8 Å². The molecule has 1 aliphatic heterocycles. The van der Waals surface area contributed by atoms with Gasteiger partial charge in [-0.05, 0) is 49.6 Å². The minimum atomic E-state index is -1.01. The van der Waals surface area contributed by atoms with Gasteiger partial charge in [-0.2, -0.15) is 11.8 Å². The van der Waals surface area contributed by atoms with Crippen molar-refractivity contribution in [2.75, 3.05) is 31.8 Å². The van der Waals surface area contributed by atoms with Gasteiger partial charge >= 0.3 is 11.9 Å². The van der Waals surface area contributed by atoms with Gasteiger partial charge in [0.15, 0.2) is 17.3 Å². The molecule has 2 N–H and O–H groups in total. The second-order valence-electron chi connectivity index (χ2n) is 8.65. The lowest BCUT2D eigenvalue weighted by atomic mass is 9.69. The summed E-state index contributed by atoms with van der Waals surface area (Å²) < 4.78 is 16.1. The summed E-state index contributed by atoms with van der Waals surface area (Å²) in [5, 5.41) is 13.6. The minimum Gasteiger partial charge on any atom is -0.503 e. The SMILES string of the molecule is CCOc1cc([C@@H]2C(C(=O)OCCSCC)=C(C)NC3=C2C(=O)[C@@H](C(=O)OC)[C@H](C)C3)cc(Cl)c1O. The summed E-state index contributed by atoms with van der Waals surface area (Å²) >= 11 is 7.98. The molecule has 1 heterocycles. The van der Waals surface area contributed by atoms with Crippen LogP contribution >= 0.6 is 23.4 Å². The number of benzene rings is 1. The van der Waals surface area contributed by atoms with E-state index in [-0.39, 0.29) is 46.8 Å². The molecule has 1 aromatic rings. The first kappa shape index (κ1) is 27.9. The predicted octanol–water partition coefficient (Wildman–Crippen LogP) is 4.35. The maximum absolute atomic E-state index is 13.8. The van der Waals surface area contributed by atoms with Gasteiger partial charge in [0.1, 0.15) is 12.5 Å². The fourth-order valence-electron chi connectivity index (χ4n) is 4.73. The van der Waals surface area contributed by atoms with Crippen LogP contribution in [0.2, 0.25) is 5.02 Å². The fraction of sp³-hybridized carbons (Fsp3) is 0.500. The van der Waals surface area contributed by atoms with E-state index < -0.39 is 29.6 Å². The van der Waals surface area contributed by atoms with Crippen molar-refractivity contribution in [1.29, 1.82) is 0 Å². The number of Topliss-reactive ketones (excluding diaryl/α,β-unsaturated/α-hetero) is 1. The van der Waals surface area contributed by atoms with Crippen molar-refractivity contribution < 1.29 is 33.7 Å². The molecule has 0 bridgehead atoms. The molecule has 196 valence electrons. The van der Waals surface area contributed by atoms with E-state index in [9.17, 15) is 19.5 Å². The van der Waals surface area contributed by atoms with Crippen molar-refractivity contribution >= 4 is 41.1 Å². The second kappa shape index (κ2) is 12.1. The highest BCUT2D eigenvalue weighted by Crippen LogP contribution is 2.48. The molecule has 0 saturated heterocycles. The number of allylic oxidation sites excluding steroid dienone is 3. The maximum Gasteiger partial charge on any atom is 0.336 e. The van der Waals surface area contributed by atoms with Crippen molar-refractivity contribution in [3.63, 3.8) is 0 Å². The highest BCUT2D eigenvalue weighted by molar-refractivity contribution is 7.99. The van der Waals surface area contributed by atoms with Gasteiger partial charge in [-0.1, -0.05) is 25.4 Å². The third-order valence-corrected chi connectivity index (χ3v) is 7.46. The number of hydrogen-bond acceptors (Lipinski definition) is 9. The predicted molar refractivity (Wildman–Crippen MR) is 138 cm³/mol. The van der Waals surface area contributed by atoms with Crippen LogP contribution < -0.4 is 10.1 Å². The summed E-state index contributed by atoms with van der Waals surface area (Å²) in [6, 6.07) is 3.07. The average molecular weight is 538 g/mol. The number of thioether (sulfide) groups is 1. The first-order chi connectivity index (χ1) is 17.2. The molecular weight excluding hydrogens is 506 g/mol. The van der Waals surface area contributed by atoms with Crippen molar-refractivity contribution in [1.82, 2.24) is 5.32 Å². The van der Waals surface area contributed by atoms with E-state index in [1.165, 1.54) is 13.2 Å². The second-order valence-corrected chi connectivity index (χ2v) is 10.5. The summed E-state index contributed by atoms with van der Waals surface area (Å²) in [6.07, 6.45) is 0.411. The Bertz CT molecular complexity index is 1110. The highest BCUT2D eigenvalue weighted by atomic mass is 35.5. The Morgan fingerprint density at radius 1 is 1.28 bits per heavy atom. The molecule has 0 aromatic heterocycles. The Morgan fingerprint density at radius 2 is 2.00 bits per heavy atom. The maximum atomic E-state index is 13.8. The molecule has 0 spiro atoms. The van der Waals surface area contributed by atoms with Gasteiger partial charge in [0.2, 0.25) is 0 Å². The Morgan fingerprint density at radius 3 is 2.64 bits per heavy atom. The molecule has 2 aliphatic rings. The molecule has 10 heteroatoms. The number of dihydropyridines is 1. The van der Waals surface area contributed by atoms with E-state index in [1.54, 1.807) is 31.7 Å². The molecule has 0 unspecified atom stereocenters. The van der Waals surface area contributed by atoms with Crippen LogP contribution in [-0.2, 0) is 23.9 Å². The van der Waals surface area contributed by atoms with Gasteiger partial charge < -0.3 is 24.6 Å². The van der Waals surface area contributed by atoms with Crippen LogP contribution in [-0.4, -0.2) is 54.7 Å². The third-order valence-electron chi connectivity index (χ3n) is 6.31. The number of esters is 2. The summed E-state index contributed by atoms with van der Waals surface area (Å²) in [5.74, 6) is -2.37. The van der Waals surface area contributed by atoms with Gasteiger partial charge in [0.25, 0.3) is 0 Å². The molecule has 36 heavy (non-hydrogen) atoms. The number of phenols is 1. The molecule has 0 radical (unpaired) electrons. The zero-order valence-electron chi connectivity index (χ0n) is 21.1. The van der Waals surface area contributed by atoms with Crippen molar-refractivity contribution in [3.05, 3.63) is 45.3 Å². The van der Waals surface area contributed by atoms with Gasteiger partial charge in [-0.15, -0.1) is 0 Å². The fourth-order valence-corrected chi connectivity index (χ4v) is 5.43. The molecule has 8 nitrogen and oxygen atoms in total. The van der Waals surface area contributed by atoms with Crippen LogP contribution in [0.5, 0.6) is 11.5 Å². The number of aromatic hydroxyl groups is 1. The highest BCUT2D eigenvalue weighted by Gasteiger charge is 2.47. The third kappa shape index (κ3) is 5.52. The Balaban J connectivity index is 2.17. The molecule has 0 amide bonds. The molecule has 0 saturated carbocycles. The summed E-state index contributed by atoms with van der Waals surface area (Å²) in [4.78, 5) is 39.7. The number of ether oxygens (including phenoxy) is 3. The normalized spacial score (nSPS) is 21.6. The number of carbonyl (C=O) groups excluding carboxylic acids is 3. The summed E-state index contributed by atoms with van der Waals surface area (Å²) in [6.45, 7) is 7.84. The topological polar surface area (TPSA) is 111 Å². The lowest BCUT2D eigenvalue weighted by molar-refractivity contribution is -0.151. The van der Waals surface area contributed by atoms with Crippen LogP contribution in [0.15, 0.2) is 34.7 Å². The number of rotatable bonds is 9. The largest absolute Gasteiger partial charge is 0.503 e. The van der Waals surface area contributed by atoms with Crippen LogP contribution in [0, 0.1) is 11.8 Å². The zero-order valence-corrected chi connectivity index (χ0v) is 22.7. The van der Waals surface area contributed by atoms with Crippen LogP contribution in [0.4, 0.5) is 0 Å². The number of carbonyl (C=O) groups is 3. The number of phenolic OH excluding ortho intramolecular Hbond substituents is 1. The standard InChI is InChI=1S/C26H32ClNO7S/c1-6-34-18-12-15(11-16(27)23(18)29)21-20(26(32)35-8-9-36-7-2)14(4)28-17-10-13(3)19(25(31)33-5)24(30)22(17)21/h11-13,19,21,28-29H,6-10H2,1-5H3/t13-,19+,21-/m1/s1. The lowest BCUT2D eigenvalue weighted by Crippen LogP contribution is -2.43. The van der Waals surface area contributed by atoms with Crippen LogP contribution in [0.25, 0.3) is 0 Å². The monoisotopic (exact) mass is 537 g/mol. The Hall–Kier alpha value is -2.65. The van der Waals surface area contributed by atoms with Gasteiger partial charge in [-0.25, -0.2) is 4.79 Å². The molecular formula is C26H32ClNO7S. The van der Waals surface area contributed by atoms with Gasteiger partial charge in [-0.3, -0.25) is 9.59 Å². The summed E-state index contributed by atoms with van der Waals surface area (Å²) in [5.41, 5.74) is 2.18. The zero-order chi connectivity index (χ0) is 26.6. The molecule has 3 rings (SSSR count). The van der Waals surface area contributed by atoms with Crippen molar-refractivity contribution in [2.45, 2.75) is 40.0 Å². The van der Waals surface area contributed by atoms with E-state index >= 15 is 0 Å². The number of hydrogen-bond donors (Lipinski definition) is 2. The van der Waals surface area contributed by atoms with Crippen LogP contribution in [0.1, 0.15) is 45.6 Å². The summed E-state index contributed by atoms with van der Waals surface area (Å²) in [7, 11) is 1.25. The molecule has 3 atom stereocenters. The number of halogens is 1. The first-order valence-electron chi connectivity index (χ1n) is 11.9. The van der Waals surface area contributed by atoms with E-state index in [1.807, 2.05) is 13.8 Å². The molecule has 0 fully saturated rings. The number of nitrogens with one attached hydrogen (secondary N) is 1. The van der Waals surface area contributed by atoms with E-state index in [0.717, 1.165) is 5.75 Å². The minimum absolute atomic E-state index is 0.0162. The Labute approximate surface area is 220 Å². The lowest BCUT2D eigenvalue weighted by Gasteiger charge is -2.38. The smallest absolute Gasteiger partial charge is 0.336 e. The molecule has 1 aromatic carbocycles. The number of methoxy groups -OCH3 is 1. The van der Waals surface area contributed by atoms with Gasteiger partial charge in [0.05, 0.1) is 24.3 Å². The van der Waals surface area contributed by atoms with Gasteiger partial charge in [0, 0.05) is 28.6 Å².